The molecule has 0 saturated carbocycles. The van der Waals surface area contributed by atoms with Crippen LogP contribution in [0.25, 0.3) is 0 Å². The van der Waals surface area contributed by atoms with Crippen molar-refractivity contribution in [2.24, 2.45) is 11.8 Å². The van der Waals surface area contributed by atoms with Gasteiger partial charge in [0, 0.05) is 7.11 Å². The van der Waals surface area contributed by atoms with Crippen LogP contribution in [0.3, 0.4) is 0 Å². The second kappa shape index (κ2) is 9.72. The second-order valence-electron chi connectivity index (χ2n) is 5.58. The summed E-state index contributed by atoms with van der Waals surface area (Å²) in [5, 5.41) is 19.1. The Morgan fingerprint density at radius 2 is 1.65 bits per heavy atom. The van der Waals surface area contributed by atoms with E-state index in [1.807, 2.05) is 32.0 Å². The summed E-state index contributed by atoms with van der Waals surface area (Å²) >= 11 is 0. The number of aliphatic hydroxyl groups is 2. The molecule has 0 aliphatic heterocycles. The number of hydrogen-bond donors (Lipinski definition) is 2. The van der Waals surface area contributed by atoms with Crippen LogP contribution < -0.4 is 9.47 Å². The van der Waals surface area contributed by atoms with E-state index in [0.717, 1.165) is 5.56 Å². The van der Waals surface area contributed by atoms with Crippen LogP contribution in [0.1, 0.15) is 25.5 Å². The fraction of sp³-hybridized carbons (Fsp3) is 0.647. The topological polar surface area (TPSA) is 77.4 Å². The molecule has 132 valence electrons. The summed E-state index contributed by atoms with van der Waals surface area (Å²) in [4.78, 5) is 0. The second-order valence-corrected chi connectivity index (χ2v) is 5.58. The molecule has 0 aromatic heterocycles. The van der Waals surface area contributed by atoms with Crippen LogP contribution in [0.2, 0.25) is 0 Å². The Hall–Kier alpha value is -1.34. The minimum Gasteiger partial charge on any atom is -0.493 e. The summed E-state index contributed by atoms with van der Waals surface area (Å²) in [7, 11) is 4.72. The fourth-order valence-corrected chi connectivity index (χ4v) is 2.52. The molecule has 0 bridgehead atoms. The van der Waals surface area contributed by atoms with E-state index in [0.29, 0.717) is 11.5 Å². The average Bonchev–Trinajstić information content (AvgIpc) is 2.59. The van der Waals surface area contributed by atoms with Crippen molar-refractivity contribution in [1.82, 2.24) is 0 Å². The van der Waals surface area contributed by atoms with Crippen LogP contribution in [0.5, 0.6) is 11.5 Å². The average molecular weight is 328 g/mol. The summed E-state index contributed by atoms with van der Waals surface area (Å²) < 4.78 is 21.4. The van der Waals surface area contributed by atoms with Crippen LogP contribution in [0, 0.1) is 11.8 Å². The maximum Gasteiger partial charge on any atom is 0.161 e. The third kappa shape index (κ3) is 5.07. The molecule has 0 aliphatic carbocycles. The summed E-state index contributed by atoms with van der Waals surface area (Å²) in [6.07, 6.45) is -1.12. The number of methoxy groups -OCH3 is 3. The van der Waals surface area contributed by atoms with Gasteiger partial charge in [-0.2, -0.15) is 0 Å². The first-order valence-corrected chi connectivity index (χ1v) is 7.61. The first-order chi connectivity index (χ1) is 11.0. The molecule has 0 saturated heterocycles. The summed E-state index contributed by atoms with van der Waals surface area (Å²) in [5.41, 5.74) is 0.893. The Kier molecular flexibility index (Phi) is 8.33. The first kappa shape index (κ1) is 19.7. The Balaban J connectivity index is 3.10. The van der Waals surface area contributed by atoms with E-state index in [9.17, 15) is 10.2 Å². The molecule has 1 rings (SSSR count). The van der Waals surface area contributed by atoms with Crippen molar-refractivity contribution >= 4 is 0 Å². The lowest BCUT2D eigenvalue weighted by atomic mass is 9.83. The molecule has 6 heteroatoms. The summed E-state index contributed by atoms with van der Waals surface area (Å²) in [6.45, 7) is 3.70. The van der Waals surface area contributed by atoms with Gasteiger partial charge in [-0.05, 0) is 29.5 Å². The molecule has 0 heterocycles. The van der Waals surface area contributed by atoms with E-state index in [2.05, 4.69) is 0 Å². The van der Waals surface area contributed by atoms with Crippen LogP contribution in [-0.4, -0.2) is 51.0 Å². The van der Waals surface area contributed by atoms with E-state index in [4.69, 9.17) is 18.9 Å². The van der Waals surface area contributed by atoms with E-state index in [-0.39, 0.29) is 31.3 Å². The molecular weight excluding hydrogens is 300 g/mol. The van der Waals surface area contributed by atoms with Crippen LogP contribution in [0.4, 0.5) is 0 Å². The Labute approximate surface area is 137 Å². The van der Waals surface area contributed by atoms with Gasteiger partial charge in [-0.25, -0.2) is 0 Å². The minimum atomic E-state index is -0.807. The van der Waals surface area contributed by atoms with Crippen molar-refractivity contribution < 1.29 is 29.2 Å². The van der Waals surface area contributed by atoms with Gasteiger partial charge >= 0.3 is 0 Å². The Morgan fingerprint density at radius 3 is 2.17 bits per heavy atom. The minimum absolute atomic E-state index is 0.0506. The van der Waals surface area contributed by atoms with Gasteiger partial charge in [-0.3, -0.25) is 0 Å². The third-order valence-corrected chi connectivity index (χ3v) is 4.20. The molecule has 1 unspecified atom stereocenters. The molecule has 1 aromatic rings. The van der Waals surface area contributed by atoms with Crippen molar-refractivity contribution in [3.8, 4) is 11.5 Å². The zero-order valence-corrected chi connectivity index (χ0v) is 14.5. The molecule has 2 N–H and O–H groups in total. The van der Waals surface area contributed by atoms with E-state index < -0.39 is 6.10 Å². The van der Waals surface area contributed by atoms with Crippen molar-refractivity contribution in [3.05, 3.63) is 23.8 Å². The predicted octanol–water partition coefficient (Wildman–Crippen LogP) is 1.99. The van der Waals surface area contributed by atoms with E-state index >= 15 is 0 Å². The monoisotopic (exact) mass is 328 g/mol. The molecule has 0 fully saturated rings. The van der Waals surface area contributed by atoms with Gasteiger partial charge in [0.05, 0.1) is 33.0 Å². The maximum atomic E-state index is 9.92. The zero-order chi connectivity index (χ0) is 17.4. The molecule has 1 aromatic carbocycles. The lowest BCUT2D eigenvalue weighted by Crippen LogP contribution is -2.31. The van der Waals surface area contributed by atoms with Gasteiger partial charge in [0.1, 0.15) is 6.79 Å². The zero-order valence-electron chi connectivity index (χ0n) is 14.5. The van der Waals surface area contributed by atoms with Crippen molar-refractivity contribution in [1.29, 1.82) is 0 Å². The molecule has 0 radical (unpaired) electrons. The van der Waals surface area contributed by atoms with Gasteiger partial charge < -0.3 is 29.2 Å². The molecule has 23 heavy (non-hydrogen) atoms. The summed E-state index contributed by atoms with van der Waals surface area (Å²) in [5.74, 6) is 1.04. The van der Waals surface area contributed by atoms with Gasteiger partial charge in [-0.15, -0.1) is 0 Å². The highest BCUT2D eigenvalue weighted by Gasteiger charge is 2.30. The van der Waals surface area contributed by atoms with Crippen molar-refractivity contribution in [2.75, 3.05) is 34.7 Å². The maximum absolute atomic E-state index is 9.92. The molecule has 6 nitrogen and oxygen atoms in total. The smallest absolute Gasteiger partial charge is 0.161 e. The number of aliphatic hydroxyl groups excluding tert-OH is 2. The quantitative estimate of drug-likeness (QED) is 0.640. The fourth-order valence-electron chi connectivity index (χ4n) is 2.52. The Morgan fingerprint density at radius 1 is 1.00 bits per heavy atom. The first-order valence-electron chi connectivity index (χ1n) is 7.61. The lowest BCUT2D eigenvalue weighted by molar-refractivity contribution is -0.108. The molecule has 0 spiro atoms. The predicted molar refractivity (Wildman–Crippen MR) is 86.7 cm³/mol. The highest BCUT2D eigenvalue weighted by molar-refractivity contribution is 5.43. The molecular formula is C17H28O6. The van der Waals surface area contributed by atoms with Gasteiger partial charge in [0.2, 0.25) is 0 Å². The van der Waals surface area contributed by atoms with Crippen LogP contribution >= 0.6 is 0 Å². The van der Waals surface area contributed by atoms with E-state index in [1.54, 1.807) is 21.3 Å². The van der Waals surface area contributed by atoms with Gasteiger partial charge in [0.15, 0.2) is 11.5 Å². The van der Waals surface area contributed by atoms with E-state index in [1.165, 1.54) is 0 Å². The van der Waals surface area contributed by atoms with Crippen molar-refractivity contribution in [2.45, 2.75) is 26.1 Å². The molecule has 0 amide bonds. The normalized spacial score (nSPS) is 16.5. The standard InChI is InChI=1S/C17H28O6/c1-11(14(19)9-18)12(2)17(23-10-20-3)13-6-7-15(21-4)16(8-13)22-5/h6-8,11-12,14,17-19H,9-10H2,1-5H3/t11-,12-,14?,17-/m1/s1. The largest absolute Gasteiger partial charge is 0.493 e. The summed E-state index contributed by atoms with van der Waals surface area (Å²) in [6, 6.07) is 5.57. The highest BCUT2D eigenvalue weighted by atomic mass is 16.7. The van der Waals surface area contributed by atoms with Gasteiger partial charge in [-0.1, -0.05) is 19.9 Å². The number of ether oxygens (including phenoxy) is 4. The highest BCUT2D eigenvalue weighted by Crippen LogP contribution is 2.37. The number of benzene rings is 1. The van der Waals surface area contributed by atoms with Crippen LogP contribution in [-0.2, 0) is 9.47 Å². The third-order valence-electron chi connectivity index (χ3n) is 4.20. The Bertz CT molecular complexity index is 464. The SMILES string of the molecule is COCO[C@@H](c1ccc(OC)c(OC)c1)[C@H](C)[C@@H](C)C(O)CO. The number of hydrogen-bond acceptors (Lipinski definition) is 6. The van der Waals surface area contributed by atoms with Crippen LogP contribution in [0.15, 0.2) is 18.2 Å². The molecule has 0 aliphatic rings. The van der Waals surface area contributed by atoms with Gasteiger partial charge in [0.25, 0.3) is 0 Å². The van der Waals surface area contributed by atoms with Crippen molar-refractivity contribution in [3.63, 3.8) is 0 Å². The molecule has 4 atom stereocenters. The lowest BCUT2D eigenvalue weighted by Gasteiger charge is -2.31. The number of rotatable bonds is 10.